The normalized spacial score (nSPS) is 58.8. The Kier molecular flexibility index (Phi) is 12.0. The van der Waals surface area contributed by atoms with E-state index < -0.39 is 0 Å². The van der Waals surface area contributed by atoms with Gasteiger partial charge in [0.1, 0.15) is 0 Å². The molecule has 0 spiro atoms. The Balaban J connectivity index is 0.000000164. The van der Waals surface area contributed by atoms with Crippen LogP contribution in [0.15, 0.2) is 24.3 Å². The lowest BCUT2D eigenvalue weighted by atomic mass is 9.32. The SMILES string of the molecule is C=C(C)[C@@H]1CC[C@]2(C)CC[C@]3(C)C(CCC4[C@@]5(C)CC[C@H](O)[C@@](C)(CO)C5CC[C@]43C)C12.C=C(C)[C@@H]1CC[C@]2(CO)CC[C@]3(C)C(CCC4[C@@]5(C)CC[C@H](O)[C@@](C)(CO)C5CC[C@]43C)C12. The van der Waals surface area contributed by atoms with E-state index in [4.69, 9.17) is 0 Å². The molecule has 0 heterocycles. The van der Waals surface area contributed by atoms with Crippen molar-refractivity contribution in [2.45, 2.75) is 217 Å². The maximum Gasteiger partial charge on any atom is 0.0618 e. The van der Waals surface area contributed by atoms with Crippen molar-refractivity contribution in [3.8, 4) is 0 Å². The Morgan fingerprint density at radius 2 is 0.846 bits per heavy atom. The van der Waals surface area contributed by atoms with Crippen molar-refractivity contribution < 1.29 is 25.5 Å². The number of fused-ring (bicyclic) bond motifs is 14. The number of aliphatic hydroxyl groups excluding tert-OH is 5. The molecule has 0 aromatic rings. The number of hydrogen-bond donors (Lipinski definition) is 5. The van der Waals surface area contributed by atoms with Gasteiger partial charge in [0.25, 0.3) is 0 Å². The minimum absolute atomic E-state index is 0.0964. The quantitative estimate of drug-likeness (QED) is 0.177. The molecule has 0 aromatic carbocycles. The fraction of sp³-hybridized carbons (Fsp3) is 0.933. The smallest absolute Gasteiger partial charge is 0.0618 e. The van der Waals surface area contributed by atoms with Crippen LogP contribution in [-0.2, 0) is 0 Å². The van der Waals surface area contributed by atoms with Crippen molar-refractivity contribution in [2.75, 3.05) is 19.8 Å². The lowest BCUT2D eigenvalue weighted by Gasteiger charge is -2.73. The van der Waals surface area contributed by atoms with E-state index in [9.17, 15) is 25.5 Å². The Hall–Kier alpha value is -0.720. The van der Waals surface area contributed by atoms with Crippen molar-refractivity contribution in [3.63, 3.8) is 0 Å². The van der Waals surface area contributed by atoms with Crippen LogP contribution >= 0.6 is 0 Å². The Labute approximate surface area is 398 Å². The second kappa shape index (κ2) is 15.9. The highest BCUT2D eigenvalue weighted by Crippen LogP contribution is 2.79. The lowest BCUT2D eigenvalue weighted by molar-refractivity contribution is -0.255. The van der Waals surface area contributed by atoms with Gasteiger partial charge in [-0.15, -0.1) is 0 Å². The molecule has 22 atom stereocenters. The summed E-state index contributed by atoms with van der Waals surface area (Å²) in [5.41, 5.74) is 4.45. The molecular weight excluding hydrogens is 801 g/mol. The third kappa shape index (κ3) is 6.30. The Morgan fingerprint density at radius 1 is 0.415 bits per heavy atom. The largest absolute Gasteiger partial charge is 0.396 e. The summed E-state index contributed by atoms with van der Waals surface area (Å²) in [6.07, 6.45) is 23.5. The summed E-state index contributed by atoms with van der Waals surface area (Å²) in [7, 11) is 0. The van der Waals surface area contributed by atoms with Gasteiger partial charge in [0.2, 0.25) is 0 Å². The molecule has 8 unspecified atom stereocenters. The highest BCUT2D eigenvalue weighted by molar-refractivity contribution is 5.24. The van der Waals surface area contributed by atoms with Gasteiger partial charge in [-0.1, -0.05) is 86.6 Å². The van der Waals surface area contributed by atoms with E-state index in [-0.39, 0.29) is 63.3 Å². The first-order valence-electron chi connectivity index (χ1n) is 27.8. The van der Waals surface area contributed by atoms with Crippen molar-refractivity contribution in [3.05, 3.63) is 24.3 Å². The average molecular weight is 901 g/mol. The molecule has 5 N–H and O–H groups in total. The van der Waals surface area contributed by atoms with Crippen molar-refractivity contribution in [1.82, 2.24) is 0 Å². The van der Waals surface area contributed by atoms with Crippen LogP contribution in [0.4, 0.5) is 0 Å². The minimum atomic E-state index is -0.383. The van der Waals surface area contributed by atoms with E-state index in [1.807, 2.05) is 0 Å². The lowest BCUT2D eigenvalue weighted by Crippen LogP contribution is -2.67. The first kappa shape index (κ1) is 49.3. The molecule has 10 saturated carbocycles. The molecule has 5 heteroatoms. The second-order valence-corrected chi connectivity index (χ2v) is 29.0. The topological polar surface area (TPSA) is 101 Å². The van der Waals surface area contributed by atoms with Crippen molar-refractivity contribution >= 4 is 0 Å². The number of hydrogen-bond acceptors (Lipinski definition) is 5. The molecule has 10 rings (SSSR count). The maximum absolute atomic E-state index is 10.9. The molecule has 0 radical (unpaired) electrons. The predicted octanol–water partition coefficient (Wildman–Crippen LogP) is 13.0. The number of rotatable bonds is 5. The highest BCUT2D eigenvalue weighted by Gasteiger charge is 2.73. The summed E-state index contributed by atoms with van der Waals surface area (Å²) in [6, 6.07) is 0. The van der Waals surface area contributed by atoms with E-state index in [1.165, 1.54) is 107 Å². The van der Waals surface area contributed by atoms with Gasteiger partial charge in [0, 0.05) is 17.4 Å². The minimum Gasteiger partial charge on any atom is -0.396 e. The van der Waals surface area contributed by atoms with Crippen LogP contribution in [-0.4, -0.2) is 57.6 Å². The summed E-state index contributed by atoms with van der Waals surface area (Å²) in [5.74, 6) is 6.37. The molecule has 0 saturated heterocycles. The third-order valence-corrected chi connectivity index (χ3v) is 27.3. The van der Waals surface area contributed by atoms with E-state index in [0.717, 1.165) is 49.9 Å². The van der Waals surface area contributed by atoms with Gasteiger partial charge in [0.05, 0.1) is 25.4 Å². The fourth-order valence-corrected chi connectivity index (χ4v) is 23.1. The van der Waals surface area contributed by atoms with Gasteiger partial charge < -0.3 is 25.5 Å². The fourth-order valence-electron chi connectivity index (χ4n) is 23.1. The van der Waals surface area contributed by atoms with Crippen LogP contribution in [0.1, 0.15) is 205 Å². The molecule has 10 aliphatic carbocycles. The van der Waals surface area contributed by atoms with Gasteiger partial charge in [0.15, 0.2) is 0 Å². The molecular formula is C60H100O5. The zero-order valence-electron chi connectivity index (χ0n) is 43.8. The van der Waals surface area contributed by atoms with Crippen LogP contribution in [0, 0.1) is 113 Å². The summed E-state index contributed by atoms with van der Waals surface area (Å²) in [4.78, 5) is 0. The van der Waals surface area contributed by atoms with Crippen LogP contribution in [0.3, 0.4) is 0 Å². The van der Waals surface area contributed by atoms with Gasteiger partial charge in [-0.05, 0) is 245 Å². The monoisotopic (exact) mass is 901 g/mol. The zero-order chi connectivity index (χ0) is 47.3. The first-order chi connectivity index (χ1) is 30.3. The summed E-state index contributed by atoms with van der Waals surface area (Å²) < 4.78 is 0. The molecule has 10 fully saturated rings. The molecule has 370 valence electrons. The number of aliphatic hydroxyl groups is 5. The first-order valence-corrected chi connectivity index (χ1v) is 27.8. The van der Waals surface area contributed by atoms with Crippen molar-refractivity contribution in [1.29, 1.82) is 0 Å². The number of allylic oxidation sites excluding steroid dienone is 2. The molecule has 65 heavy (non-hydrogen) atoms. The van der Waals surface area contributed by atoms with Gasteiger partial charge in [-0.3, -0.25) is 0 Å². The van der Waals surface area contributed by atoms with Crippen LogP contribution < -0.4 is 0 Å². The third-order valence-electron chi connectivity index (χ3n) is 27.3. The van der Waals surface area contributed by atoms with Crippen molar-refractivity contribution in [2.24, 2.45) is 113 Å². The summed E-state index contributed by atoms with van der Waals surface area (Å²) in [5, 5.41) is 53.3. The van der Waals surface area contributed by atoms with Crippen LogP contribution in [0.25, 0.3) is 0 Å². The predicted molar refractivity (Wildman–Crippen MR) is 266 cm³/mol. The average Bonchev–Trinajstić information content (AvgIpc) is 3.84. The maximum atomic E-state index is 10.9. The highest BCUT2D eigenvalue weighted by atomic mass is 16.3. The summed E-state index contributed by atoms with van der Waals surface area (Å²) >= 11 is 0. The molecule has 0 aromatic heterocycles. The van der Waals surface area contributed by atoms with E-state index in [0.29, 0.717) is 64.3 Å². The van der Waals surface area contributed by atoms with Gasteiger partial charge in [-0.2, -0.15) is 0 Å². The Morgan fingerprint density at radius 3 is 1.29 bits per heavy atom. The van der Waals surface area contributed by atoms with Gasteiger partial charge >= 0.3 is 0 Å². The molecule has 5 nitrogen and oxygen atoms in total. The molecule has 0 amide bonds. The van der Waals surface area contributed by atoms with Crippen LogP contribution in [0.5, 0.6) is 0 Å². The standard InChI is InChI=1S/C30H50O3.C30H50O2/c1-19(2)20-9-14-30(18-32)16-15-28(5)21(25(20)30)7-8-23-26(3)12-11-24(33)27(4,17-31)22(26)10-13-29(23,28)6;1-19(2)20-10-13-26(3)16-17-29(6)21(25(20)26)8-9-23-27(4)14-12-24(32)28(5,18-31)22(27)11-15-30(23,29)7/h20-25,31-33H,1,7-18H2,2-6H3;20-25,31-32H,1,8-18H2,2-7H3/t20-,21?,22?,23?,24-,25?,26-,27-,28+,29+,30+;20-,21?,22?,23?,24-,25?,26+,27-,28-,29+,30+/m00/s1. The van der Waals surface area contributed by atoms with Gasteiger partial charge in [-0.25, -0.2) is 0 Å². The molecule has 0 bridgehead atoms. The van der Waals surface area contributed by atoms with Crippen LogP contribution in [0.2, 0.25) is 0 Å². The Bertz CT molecular complexity index is 1860. The van der Waals surface area contributed by atoms with E-state index in [1.54, 1.807) is 0 Å². The second-order valence-electron chi connectivity index (χ2n) is 29.0. The molecule has 0 aliphatic heterocycles. The van der Waals surface area contributed by atoms with E-state index >= 15 is 0 Å². The molecule has 10 aliphatic rings. The zero-order valence-corrected chi connectivity index (χ0v) is 43.8. The van der Waals surface area contributed by atoms with E-state index in [2.05, 4.69) is 89.3 Å². The summed E-state index contributed by atoms with van der Waals surface area (Å²) in [6.45, 7) is 36.6.